The summed E-state index contributed by atoms with van der Waals surface area (Å²) in [5, 5.41) is 16.8. The summed E-state index contributed by atoms with van der Waals surface area (Å²) >= 11 is 0. The SMILES string of the molecule is CCNC(=NCC(c1cccc(F)c1)N(C)C)NCCC(O)c1ccccc1.I. The zero-order valence-corrected chi connectivity index (χ0v) is 19.6. The molecule has 2 aromatic rings. The summed E-state index contributed by atoms with van der Waals surface area (Å²) in [6, 6.07) is 16.2. The highest BCUT2D eigenvalue weighted by Crippen LogP contribution is 2.19. The standard InChI is InChI=1S/C22H31FN4O.HI/c1-4-24-22(25-14-13-21(28)17-9-6-5-7-10-17)26-16-20(27(2)3)18-11-8-12-19(23)15-18;/h5-12,15,20-21,28H,4,13-14,16H2,1-3H3,(H2,24,25,26);1H. The van der Waals surface area contributed by atoms with Crippen LogP contribution in [0.1, 0.15) is 36.6 Å². The second-order valence-corrected chi connectivity index (χ2v) is 6.90. The molecule has 2 atom stereocenters. The Morgan fingerprint density at radius 2 is 1.76 bits per heavy atom. The zero-order valence-electron chi connectivity index (χ0n) is 17.3. The molecule has 29 heavy (non-hydrogen) atoms. The second-order valence-electron chi connectivity index (χ2n) is 6.90. The van der Waals surface area contributed by atoms with E-state index in [1.807, 2.05) is 62.3 Å². The lowest BCUT2D eigenvalue weighted by atomic mass is 10.1. The Balaban J connectivity index is 0.00000420. The number of nitrogens with zero attached hydrogens (tertiary/aromatic N) is 2. The fourth-order valence-electron chi connectivity index (χ4n) is 2.97. The molecule has 0 spiro atoms. The minimum Gasteiger partial charge on any atom is -0.388 e. The van der Waals surface area contributed by atoms with E-state index in [1.165, 1.54) is 6.07 Å². The summed E-state index contributed by atoms with van der Waals surface area (Å²) in [5.74, 6) is 0.444. The van der Waals surface area contributed by atoms with Crippen LogP contribution in [0.3, 0.4) is 0 Å². The molecule has 7 heteroatoms. The average molecular weight is 514 g/mol. The number of aliphatic hydroxyl groups is 1. The summed E-state index contributed by atoms with van der Waals surface area (Å²) in [7, 11) is 3.92. The summed E-state index contributed by atoms with van der Waals surface area (Å²) < 4.78 is 13.6. The normalized spacial score (nSPS) is 13.5. The zero-order chi connectivity index (χ0) is 20.4. The number of aliphatic imine (C=N–C) groups is 1. The van der Waals surface area contributed by atoms with Crippen LogP contribution in [0.2, 0.25) is 0 Å². The Labute approximate surface area is 190 Å². The van der Waals surface area contributed by atoms with Gasteiger partial charge >= 0.3 is 0 Å². The third-order valence-electron chi connectivity index (χ3n) is 4.52. The van der Waals surface area contributed by atoms with Gasteiger partial charge in [0.1, 0.15) is 5.82 Å². The molecule has 0 bridgehead atoms. The van der Waals surface area contributed by atoms with Gasteiger partial charge in [-0.2, -0.15) is 0 Å². The average Bonchev–Trinajstić information content (AvgIpc) is 2.68. The summed E-state index contributed by atoms with van der Waals surface area (Å²) in [6.07, 6.45) is 0.0634. The first-order chi connectivity index (χ1) is 13.5. The Kier molecular flexibility index (Phi) is 11.8. The van der Waals surface area contributed by atoms with Gasteiger partial charge in [0.2, 0.25) is 0 Å². The highest BCUT2D eigenvalue weighted by molar-refractivity contribution is 14.0. The highest BCUT2D eigenvalue weighted by Gasteiger charge is 2.15. The summed E-state index contributed by atoms with van der Waals surface area (Å²) in [6.45, 7) is 3.83. The topological polar surface area (TPSA) is 59.9 Å². The van der Waals surface area contributed by atoms with Crippen molar-refractivity contribution in [3.8, 4) is 0 Å². The molecule has 2 rings (SSSR count). The van der Waals surface area contributed by atoms with E-state index in [-0.39, 0.29) is 35.8 Å². The van der Waals surface area contributed by atoms with Crippen molar-refractivity contribution in [2.24, 2.45) is 4.99 Å². The van der Waals surface area contributed by atoms with Gasteiger partial charge in [-0.25, -0.2) is 4.39 Å². The summed E-state index contributed by atoms with van der Waals surface area (Å²) in [4.78, 5) is 6.69. The number of hydrogen-bond donors (Lipinski definition) is 3. The lowest BCUT2D eigenvalue weighted by molar-refractivity contribution is 0.168. The van der Waals surface area contributed by atoms with Crippen LogP contribution in [-0.4, -0.2) is 49.7 Å². The molecule has 0 fully saturated rings. The molecule has 0 aliphatic carbocycles. The van der Waals surface area contributed by atoms with Crippen molar-refractivity contribution in [3.05, 3.63) is 71.5 Å². The van der Waals surface area contributed by atoms with Gasteiger partial charge in [0, 0.05) is 13.1 Å². The van der Waals surface area contributed by atoms with Gasteiger partial charge in [-0.3, -0.25) is 4.99 Å². The number of halogens is 2. The largest absolute Gasteiger partial charge is 0.388 e. The number of benzene rings is 2. The smallest absolute Gasteiger partial charge is 0.191 e. The maximum absolute atomic E-state index is 13.6. The fourth-order valence-corrected chi connectivity index (χ4v) is 2.97. The minimum absolute atomic E-state index is 0. The van der Waals surface area contributed by atoms with Crippen molar-refractivity contribution in [1.29, 1.82) is 0 Å². The van der Waals surface area contributed by atoms with E-state index in [4.69, 9.17) is 0 Å². The fraction of sp³-hybridized carbons (Fsp3) is 0.409. The van der Waals surface area contributed by atoms with Crippen molar-refractivity contribution in [2.75, 3.05) is 33.7 Å². The van der Waals surface area contributed by atoms with E-state index in [9.17, 15) is 9.50 Å². The Morgan fingerprint density at radius 1 is 1.07 bits per heavy atom. The van der Waals surface area contributed by atoms with Gasteiger partial charge in [-0.15, -0.1) is 24.0 Å². The van der Waals surface area contributed by atoms with Gasteiger partial charge in [-0.05, 0) is 50.7 Å². The van der Waals surface area contributed by atoms with Crippen molar-refractivity contribution in [2.45, 2.75) is 25.5 Å². The van der Waals surface area contributed by atoms with Gasteiger partial charge in [0.05, 0.1) is 18.7 Å². The molecule has 160 valence electrons. The van der Waals surface area contributed by atoms with E-state index < -0.39 is 6.10 Å². The maximum atomic E-state index is 13.6. The molecule has 2 aromatic carbocycles. The van der Waals surface area contributed by atoms with Crippen molar-refractivity contribution in [3.63, 3.8) is 0 Å². The first kappa shape index (κ1) is 25.3. The minimum atomic E-state index is -0.515. The lowest BCUT2D eigenvalue weighted by Gasteiger charge is -2.24. The predicted molar refractivity (Wildman–Crippen MR) is 128 cm³/mol. The first-order valence-electron chi connectivity index (χ1n) is 9.68. The molecule has 0 aromatic heterocycles. The molecule has 2 unspecified atom stereocenters. The molecule has 0 amide bonds. The number of guanidine groups is 1. The van der Waals surface area contributed by atoms with Crippen LogP contribution in [0.5, 0.6) is 0 Å². The van der Waals surface area contributed by atoms with Crippen LogP contribution in [0.15, 0.2) is 59.6 Å². The number of likely N-dealkylation sites (N-methyl/N-ethyl adjacent to an activating group) is 1. The lowest BCUT2D eigenvalue weighted by Crippen LogP contribution is -2.39. The van der Waals surface area contributed by atoms with Crippen LogP contribution in [0.25, 0.3) is 0 Å². The molecule has 5 nitrogen and oxygen atoms in total. The predicted octanol–water partition coefficient (Wildman–Crippen LogP) is 3.73. The Bertz CT molecular complexity index is 743. The Hall–Kier alpha value is -1.71. The van der Waals surface area contributed by atoms with Crippen LogP contribution < -0.4 is 10.6 Å². The van der Waals surface area contributed by atoms with Gasteiger partial charge in [-0.1, -0.05) is 42.5 Å². The molecule has 0 saturated carbocycles. The number of rotatable bonds is 9. The highest BCUT2D eigenvalue weighted by atomic mass is 127. The third kappa shape index (κ3) is 8.67. The Morgan fingerprint density at radius 3 is 2.38 bits per heavy atom. The van der Waals surface area contributed by atoms with Crippen LogP contribution in [0, 0.1) is 5.82 Å². The van der Waals surface area contributed by atoms with Crippen LogP contribution in [-0.2, 0) is 0 Å². The molecular weight excluding hydrogens is 482 g/mol. The number of aliphatic hydroxyl groups excluding tert-OH is 1. The van der Waals surface area contributed by atoms with E-state index in [2.05, 4.69) is 15.6 Å². The molecular formula is C22H32FIN4O. The monoisotopic (exact) mass is 514 g/mol. The van der Waals surface area contributed by atoms with Crippen molar-refractivity contribution >= 4 is 29.9 Å². The maximum Gasteiger partial charge on any atom is 0.191 e. The molecule has 0 saturated heterocycles. The molecule has 0 heterocycles. The van der Waals surface area contributed by atoms with E-state index in [0.717, 1.165) is 17.7 Å². The second kappa shape index (κ2) is 13.5. The first-order valence-corrected chi connectivity index (χ1v) is 9.68. The van der Waals surface area contributed by atoms with Crippen LogP contribution >= 0.6 is 24.0 Å². The van der Waals surface area contributed by atoms with E-state index in [0.29, 0.717) is 25.5 Å². The van der Waals surface area contributed by atoms with Gasteiger partial charge in [0.15, 0.2) is 5.96 Å². The van der Waals surface area contributed by atoms with Crippen LogP contribution in [0.4, 0.5) is 4.39 Å². The molecule has 0 radical (unpaired) electrons. The molecule has 3 N–H and O–H groups in total. The molecule has 0 aliphatic rings. The summed E-state index contributed by atoms with van der Waals surface area (Å²) in [5.41, 5.74) is 1.80. The van der Waals surface area contributed by atoms with Crippen molar-refractivity contribution in [1.82, 2.24) is 15.5 Å². The van der Waals surface area contributed by atoms with E-state index in [1.54, 1.807) is 12.1 Å². The van der Waals surface area contributed by atoms with Gasteiger partial charge in [0.25, 0.3) is 0 Å². The number of nitrogens with one attached hydrogen (secondary N) is 2. The quantitative estimate of drug-likeness (QED) is 0.271. The number of hydrogen-bond acceptors (Lipinski definition) is 3. The van der Waals surface area contributed by atoms with E-state index >= 15 is 0 Å². The van der Waals surface area contributed by atoms with Gasteiger partial charge < -0.3 is 20.6 Å². The third-order valence-corrected chi connectivity index (χ3v) is 4.52. The van der Waals surface area contributed by atoms with Crippen molar-refractivity contribution < 1.29 is 9.50 Å². The molecule has 0 aliphatic heterocycles.